The number of likely N-dealkylation sites (N-methyl/N-ethyl adjacent to an activating group) is 1. The van der Waals surface area contributed by atoms with Gasteiger partial charge in [0.05, 0.1) is 18.2 Å². The molecular weight excluding hydrogens is 226 g/mol. The summed E-state index contributed by atoms with van der Waals surface area (Å²) in [5.41, 5.74) is 1.31. The van der Waals surface area contributed by atoms with Crippen molar-refractivity contribution < 1.29 is 4.79 Å². The minimum atomic E-state index is -0.0393. The van der Waals surface area contributed by atoms with Crippen LogP contribution >= 0.6 is 0 Å². The van der Waals surface area contributed by atoms with Crippen molar-refractivity contribution in [1.82, 2.24) is 4.90 Å². The highest BCUT2D eigenvalue weighted by Crippen LogP contribution is 2.09. The summed E-state index contributed by atoms with van der Waals surface area (Å²) in [7, 11) is 1.94. The number of nitriles is 1. The molecule has 4 nitrogen and oxygen atoms in total. The van der Waals surface area contributed by atoms with E-state index in [2.05, 4.69) is 19.2 Å². The van der Waals surface area contributed by atoms with Crippen LogP contribution < -0.4 is 5.32 Å². The number of carbonyl (C=O) groups is 1. The highest BCUT2D eigenvalue weighted by Gasteiger charge is 2.11. The van der Waals surface area contributed by atoms with Crippen LogP contribution in [0.4, 0.5) is 5.69 Å². The molecule has 1 N–H and O–H groups in total. The van der Waals surface area contributed by atoms with Crippen LogP contribution in [0.2, 0.25) is 0 Å². The van der Waals surface area contributed by atoms with Crippen LogP contribution in [0.25, 0.3) is 0 Å². The largest absolute Gasteiger partial charge is 0.325 e. The van der Waals surface area contributed by atoms with Gasteiger partial charge < -0.3 is 5.32 Å². The van der Waals surface area contributed by atoms with E-state index in [9.17, 15) is 4.79 Å². The van der Waals surface area contributed by atoms with Gasteiger partial charge in [0.25, 0.3) is 0 Å². The first kappa shape index (κ1) is 14.2. The molecule has 1 atom stereocenters. The summed E-state index contributed by atoms with van der Waals surface area (Å²) in [6.45, 7) is 4.56. The standard InChI is InChI=1S/C14H19N3O/c1-4-11(2)17(3)10-14(18)16-13-7-5-12(9-15)6-8-13/h5-8,11H,4,10H2,1-3H3,(H,16,18). The molecule has 0 saturated heterocycles. The van der Waals surface area contributed by atoms with Crippen LogP contribution in [-0.2, 0) is 4.79 Å². The molecule has 1 rings (SSSR count). The second kappa shape index (κ2) is 6.77. The van der Waals surface area contributed by atoms with E-state index in [4.69, 9.17) is 5.26 Å². The van der Waals surface area contributed by atoms with Crippen LogP contribution in [0, 0.1) is 11.3 Å². The minimum Gasteiger partial charge on any atom is -0.325 e. The van der Waals surface area contributed by atoms with Gasteiger partial charge in [0.2, 0.25) is 5.91 Å². The number of amides is 1. The highest BCUT2D eigenvalue weighted by molar-refractivity contribution is 5.92. The van der Waals surface area contributed by atoms with Crippen molar-refractivity contribution in [2.24, 2.45) is 0 Å². The topological polar surface area (TPSA) is 56.1 Å². The Labute approximate surface area is 108 Å². The first-order valence-corrected chi connectivity index (χ1v) is 6.07. The van der Waals surface area contributed by atoms with Crippen LogP contribution in [0.5, 0.6) is 0 Å². The Kier molecular flexibility index (Phi) is 5.34. The number of hydrogen-bond acceptors (Lipinski definition) is 3. The molecule has 0 spiro atoms. The van der Waals surface area contributed by atoms with Crippen molar-refractivity contribution in [3.8, 4) is 6.07 Å². The van der Waals surface area contributed by atoms with Gasteiger partial charge in [0, 0.05) is 11.7 Å². The molecule has 1 unspecified atom stereocenters. The van der Waals surface area contributed by atoms with E-state index in [1.165, 1.54) is 0 Å². The molecule has 1 amide bonds. The van der Waals surface area contributed by atoms with E-state index in [0.29, 0.717) is 18.2 Å². The fourth-order valence-electron chi connectivity index (χ4n) is 1.52. The first-order valence-electron chi connectivity index (χ1n) is 6.07. The quantitative estimate of drug-likeness (QED) is 0.865. The molecule has 4 heteroatoms. The highest BCUT2D eigenvalue weighted by atomic mass is 16.2. The normalized spacial score (nSPS) is 11.9. The zero-order chi connectivity index (χ0) is 13.5. The van der Waals surface area contributed by atoms with Gasteiger partial charge in [-0.25, -0.2) is 0 Å². The molecule has 0 aliphatic heterocycles. The SMILES string of the molecule is CCC(C)N(C)CC(=O)Nc1ccc(C#N)cc1. The van der Waals surface area contributed by atoms with Crippen LogP contribution in [-0.4, -0.2) is 30.4 Å². The van der Waals surface area contributed by atoms with E-state index in [1.807, 2.05) is 18.0 Å². The molecule has 0 heterocycles. The summed E-state index contributed by atoms with van der Waals surface area (Å²) < 4.78 is 0. The van der Waals surface area contributed by atoms with Crippen molar-refractivity contribution in [2.75, 3.05) is 18.9 Å². The van der Waals surface area contributed by atoms with Crippen molar-refractivity contribution in [3.05, 3.63) is 29.8 Å². The second-order valence-electron chi connectivity index (χ2n) is 4.41. The Hall–Kier alpha value is -1.86. The van der Waals surface area contributed by atoms with Crippen LogP contribution in [0.3, 0.4) is 0 Å². The zero-order valence-corrected chi connectivity index (χ0v) is 11.1. The number of benzene rings is 1. The van der Waals surface area contributed by atoms with Gasteiger partial charge in [-0.2, -0.15) is 5.26 Å². The van der Waals surface area contributed by atoms with Gasteiger partial charge in [-0.1, -0.05) is 6.92 Å². The third-order valence-electron chi connectivity index (χ3n) is 3.03. The fourth-order valence-corrected chi connectivity index (χ4v) is 1.52. The average Bonchev–Trinajstić information content (AvgIpc) is 2.38. The Balaban J connectivity index is 2.52. The van der Waals surface area contributed by atoms with Gasteiger partial charge in [-0.3, -0.25) is 9.69 Å². The molecule has 1 aromatic rings. The molecule has 96 valence electrons. The van der Waals surface area contributed by atoms with E-state index in [0.717, 1.165) is 12.1 Å². The molecule has 0 aromatic heterocycles. The number of hydrogen-bond donors (Lipinski definition) is 1. The van der Waals surface area contributed by atoms with E-state index in [-0.39, 0.29) is 5.91 Å². The average molecular weight is 245 g/mol. The van der Waals surface area contributed by atoms with Gasteiger partial charge in [0.1, 0.15) is 0 Å². The summed E-state index contributed by atoms with van der Waals surface area (Å²) in [6.07, 6.45) is 1.01. The predicted molar refractivity (Wildman–Crippen MR) is 72.2 cm³/mol. The maximum atomic E-state index is 11.8. The number of rotatable bonds is 5. The van der Waals surface area contributed by atoms with E-state index in [1.54, 1.807) is 24.3 Å². The monoisotopic (exact) mass is 245 g/mol. The zero-order valence-electron chi connectivity index (χ0n) is 11.1. The van der Waals surface area contributed by atoms with Crippen LogP contribution in [0.15, 0.2) is 24.3 Å². The number of nitrogens with one attached hydrogen (secondary N) is 1. The lowest BCUT2D eigenvalue weighted by Crippen LogP contribution is -2.36. The Morgan fingerprint density at radius 2 is 2.06 bits per heavy atom. The number of nitrogens with zero attached hydrogens (tertiary/aromatic N) is 2. The molecule has 0 fully saturated rings. The van der Waals surface area contributed by atoms with E-state index >= 15 is 0 Å². The molecular formula is C14H19N3O. The van der Waals surface area contributed by atoms with Crippen molar-refractivity contribution >= 4 is 11.6 Å². The molecule has 0 aliphatic carbocycles. The minimum absolute atomic E-state index is 0.0393. The predicted octanol–water partition coefficient (Wildman–Crippen LogP) is 2.23. The smallest absolute Gasteiger partial charge is 0.238 e. The Bertz CT molecular complexity index is 433. The summed E-state index contributed by atoms with van der Waals surface area (Å²) >= 11 is 0. The van der Waals surface area contributed by atoms with Crippen LogP contribution in [0.1, 0.15) is 25.8 Å². The number of anilines is 1. The summed E-state index contributed by atoms with van der Waals surface area (Å²) in [5.74, 6) is -0.0393. The van der Waals surface area contributed by atoms with Crippen molar-refractivity contribution in [3.63, 3.8) is 0 Å². The molecule has 18 heavy (non-hydrogen) atoms. The second-order valence-corrected chi connectivity index (χ2v) is 4.41. The van der Waals surface area contributed by atoms with Gasteiger partial charge in [-0.05, 0) is 44.7 Å². The number of carbonyl (C=O) groups excluding carboxylic acids is 1. The molecule has 0 saturated carbocycles. The lowest BCUT2D eigenvalue weighted by atomic mass is 10.2. The maximum Gasteiger partial charge on any atom is 0.238 e. The lowest BCUT2D eigenvalue weighted by molar-refractivity contribution is -0.117. The summed E-state index contributed by atoms with van der Waals surface area (Å²) in [4.78, 5) is 13.8. The first-order chi connectivity index (χ1) is 8.56. The Morgan fingerprint density at radius 1 is 1.44 bits per heavy atom. The van der Waals surface area contributed by atoms with Crippen molar-refractivity contribution in [1.29, 1.82) is 5.26 Å². The van der Waals surface area contributed by atoms with Gasteiger partial charge in [0.15, 0.2) is 0 Å². The molecule has 1 aromatic carbocycles. The lowest BCUT2D eigenvalue weighted by Gasteiger charge is -2.22. The van der Waals surface area contributed by atoms with Gasteiger partial charge in [-0.15, -0.1) is 0 Å². The third-order valence-corrected chi connectivity index (χ3v) is 3.03. The molecule has 0 bridgehead atoms. The Morgan fingerprint density at radius 3 is 2.56 bits per heavy atom. The maximum absolute atomic E-state index is 11.8. The summed E-state index contributed by atoms with van der Waals surface area (Å²) in [5, 5.41) is 11.5. The van der Waals surface area contributed by atoms with E-state index < -0.39 is 0 Å². The molecule has 0 radical (unpaired) electrons. The fraction of sp³-hybridized carbons (Fsp3) is 0.429. The van der Waals surface area contributed by atoms with Gasteiger partial charge >= 0.3 is 0 Å². The molecule has 0 aliphatic rings. The van der Waals surface area contributed by atoms with Crippen molar-refractivity contribution in [2.45, 2.75) is 26.3 Å². The summed E-state index contributed by atoms with van der Waals surface area (Å²) in [6, 6.07) is 9.28. The third kappa shape index (κ3) is 4.19.